The van der Waals surface area contributed by atoms with Gasteiger partial charge in [-0.3, -0.25) is 4.79 Å². The number of oxime groups is 1. The molecular formula is C17H15ClN2O4. The number of halogens is 1. The highest BCUT2D eigenvalue weighted by Crippen LogP contribution is 2.31. The van der Waals surface area contributed by atoms with Gasteiger partial charge in [-0.15, -0.1) is 0 Å². The summed E-state index contributed by atoms with van der Waals surface area (Å²) in [6.45, 7) is 1.82. The van der Waals surface area contributed by atoms with Crippen LogP contribution in [0.25, 0.3) is 0 Å². The highest BCUT2D eigenvalue weighted by molar-refractivity contribution is 6.30. The summed E-state index contributed by atoms with van der Waals surface area (Å²) in [6.07, 6.45) is 0.750. The van der Waals surface area contributed by atoms with E-state index in [9.17, 15) is 4.79 Å². The Morgan fingerprint density at radius 3 is 2.96 bits per heavy atom. The van der Waals surface area contributed by atoms with E-state index >= 15 is 0 Å². The van der Waals surface area contributed by atoms with Gasteiger partial charge in [0.05, 0.1) is 6.21 Å². The zero-order chi connectivity index (χ0) is 16.9. The van der Waals surface area contributed by atoms with Crippen LogP contribution in [0.1, 0.15) is 12.5 Å². The predicted molar refractivity (Wildman–Crippen MR) is 90.8 cm³/mol. The summed E-state index contributed by atoms with van der Waals surface area (Å²) >= 11 is 5.87. The topological polar surface area (TPSA) is 69.1 Å². The summed E-state index contributed by atoms with van der Waals surface area (Å²) in [5, 5.41) is 7.09. The standard InChI is InChI=1S/C17H15ClN2O4/c1-11(17(21)20-14-4-2-3-13(18)8-14)24-19-9-12-5-6-15-16(7-12)23-10-22-15/h2-9,11H,10H2,1H3,(H,20,21)/b19-9+. The molecule has 7 heteroatoms. The zero-order valence-electron chi connectivity index (χ0n) is 12.9. The Bertz CT molecular complexity index is 779. The zero-order valence-corrected chi connectivity index (χ0v) is 13.6. The molecular weight excluding hydrogens is 332 g/mol. The molecule has 2 aromatic carbocycles. The van der Waals surface area contributed by atoms with Crippen LogP contribution >= 0.6 is 11.6 Å². The van der Waals surface area contributed by atoms with E-state index in [4.69, 9.17) is 25.9 Å². The number of benzene rings is 2. The lowest BCUT2D eigenvalue weighted by molar-refractivity contribution is -0.126. The third-order valence-electron chi connectivity index (χ3n) is 3.28. The molecule has 1 amide bonds. The first kappa shape index (κ1) is 16.1. The number of amides is 1. The van der Waals surface area contributed by atoms with E-state index in [-0.39, 0.29) is 12.7 Å². The second-order valence-corrected chi connectivity index (χ2v) is 5.53. The lowest BCUT2D eigenvalue weighted by atomic mass is 10.2. The molecule has 1 aliphatic heterocycles. The minimum absolute atomic E-state index is 0.215. The van der Waals surface area contributed by atoms with Crippen LogP contribution in [-0.4, -0.2) is 25.0 Å². The summed E-state index contributed by atoms with van der Waals surface area (Å²) in [5.74, 6) is 1.04. The van der Waals surface area contributed by atoms with E-state index in [1.54, 1.807) is 43.3 Å². The van der Waals surface area contributed by atoms with Crippen molar-refractivity contribution in [2.45, 2.75) is 13.0 Å². The van der Waals surface area contributed by atoms with Gasteiger partial charge in [0, 0.05) is 16.3 Å². The molecule has 0 aromatic heterocycles. The molecule has 24 heavy (non-hydrogen) atoms. The van der Waals surface area contributed by atoms with Gasteiger partial charge in [-0.2, -0.15) is 0 Å². The Morgan fingerprint density at radius 1 is 1.29 bits per heavy atom. The Labute approximate surface area is 144 Å². The molecule has 0 saturated carbocycles. The van der Waals surface area contributed by atoms with Crippen LogP contribution in [0.4, 0.5) is 5.69 Å². The number of nitrogens with one attached hydrogen (secondary N) is 1. The van der Waals surface area contributed by atoms with Crippen LogP contribution in [0.5, 0.6) is 11.5 Å². The number of carbonyl (C=O) groups excluding carboxylic acids is 1. The van der Waals surface area contributed by atoms with Crippen LogP contribution < -0.4 is 14.8 Å². The number of hydrogen-bond donors (Lipinski definition) is 1. The average Bonchev–Trinajstić information content (AvgIpc) is 3.02. The largest absolute Gasteiger partial charge is 0.454 e. The monoisotopic (exact) mass is 346 g/mol. The number of hydrogen-bond acceptors (Lipinski definition) is 5. The molecule has 0 bridgehead atoms. The quantitative estimate of drug-likeness (QED) is 0.665. The fourth-order valence-electron chi connectivity index (χ4n) is 2.03. The summed E-state index contributed by atoms with van der Waals surface area (Å²) in [6, 6.07) is 12.3. The fraction of sp³-hybridized carbons (Fsp3) is 0.176. The smallest absolute Gasteiger partial charge is 0.267 e. The molecule has 1 atom stereocenters. The molecule has 2 aromatic rings. The number of ether oxygens (including phenoxy) is 2. The fourth-order valence-corrected chi connectivity index (χ4v) is 2.22. The second kappa shape index (κ2) is 7.23. The maximum absolute atomic E-state index is 12.0. The van der Waals surface area contributed by atoms with E-state index in [0.29, 0.717) is 22.2 Å². The summed E-state index contributed by atoms with van der Waals surface area (Å²) in [4.78, 5) is 17.2. The van der Waals surface area contributed by atoms with Crippen molar-refractivity contribution in [1.82, 2.24) is 0 Å². The first-order chi connectivity index (χ1) is 11.6. The molecule has 1 N–H and O–H groups in total. The van der Waals surface area contributed by atoms with E-state index in [1.165, 1.54) is 6.21 Å². The minimum Gasteiger partial charge on any atom is -0.454 e. The molecule has 0 spiro atoms. The van der Waals surface area contributed by atoms with Crippen LogP contribution in [0, 0.1) is 0 Å². The summed E-state index contributed by atoms with van der Waals surface area (Å²) < 4.78 is 10.5. The predicted octanol–water partition coefficient (Wildman–Crippen LogP) is 3.45. The summed E-state index contributed by atoms with van der Waals surface area (Å²) in [5.41, 5.74) is 1.38. The van der Waals surface area contributed by atoms with Crippen LogP contribution in [0.2, 0.25) is 5.02 Å². The molecule has 6 nitrogen and oxygen atoms in total. The van der Waals surface area contributed by atoms with E-state index in [2.05, 4.69) is 10.5 Å². The van der Waals surface area contributed by atoms with Gasteiger partial charge in [-0.1, -0.05) is 22.8 Å². The van der Waals surface area contributed by atoms with Crippen molar-refractivity contribution in [2.75, 3.05) is 12.1 Å². The molecule has 0 fully saturated rings. The van der Waals surface area contributed by atoms with Crippen molar-refractivity contribution < 1.29 is 19.1 Å². The molecule has 1 unspecified atom stereocenters. The van der Waals surface area contributed by atoms with E-state index in [0.717, 1.165) is 5.56 Å². The molecule has 124 valence electrons. The van der Waals surface area contributed by atoms with E-state index < -0.39 is 6.10 Å². The number of rotatable bonds is 5. The Kier molecular flexibility index (Phi) is 4.86. The van der Waals surface area contributed by atoms with Gasteiger partial charge in [0.1, 0.15) is 0 Å². The Hall–Kier alpha value is -2.73. The lowest BCUT2D eigenvalue weighted by Gasteiger charge is -2.10. The van der Waals surface area contributed by atoms with Gasteiger partial charge < -0.3 is 19.6 Å². The number of carbonyl (C=O) groups is 1. The van der Waals surface area contributed by atoms with Gasteiger partial charge in [0.2, 0.25) is 12.9 Å². The minimum atomic E-state index is -0.755. The molecule has 3 rings (SSSR count). The van der Waals surface area contributed by atoms with Crippen molar-refractivity contribution in [3.05, 3.63) is 53.1 Å². The van der Waals surface area contributed by atoms with Crippen molar-refractivity contribution in [3.8, 4) is 11.5 Å². The third-order valence-corrected chi connectivity index (χ3v) is 3.51. The second-order valence-electron chi connectivity index (χ2n) is 5.09. The van der Waals surface area contributed by atoms with Gasteiger partial charge in [-0.05, 0) is 43.3 Å². The maximum Gasteiger partial charge on any atom is 0.267 e. The molecule has 0 aliphatic carbocycles. The highest BCUT2D eigenvalue weighted by atomic mass is 35.5. The summed E-state index contributed by atoms with van der Waals surface area (Å²) in [7, 11) is 0. The van der Waals surface area contributed by atoms with Crippen molar-refractivity contribution in [3.63, 3.8) is 0 Å². The lowest BCUT2D eigenvalue weighted by Crippen LogP contribution is -2.26. The highest BCUT2D eigenvalue weighted by Gasteiger charge is 2.15. The average molecular weight is 347 g/mol. The van der Waals surface area contributed by atoms with Crippen molar-refractivity contribution in [1.29, 1.82) is 0 Å². The van der Waals surface area contributed by atoms with Crippen LogP contribution in [0.3, 0.4) is 0 Å². The van der Waals surface area contributed by atoms with Gasteiger partial charge in [0.25, 0.3) is 5.91 Å². The van der Waals surface area contributed by atoms with Crippen molar-refractivity contribution >= 4 is 29.4 Å². The van der Waals surface area contributed by atoms with Crippen LogP contribution in [0.15, 0.2) is 47.6 Å². The number of fused-ring (bicyclic) bond motifs is 1. The van der Waals surface area contributed by atoms with Gasteiger partial charge in [-0.25, -0.2) is 0 Å². The normalized spacial score (nSPS) is 13.8. The molecule has 1 aliphatic rings. The van der Waals surface area contributed by atoms with Gasteiger partial charge in [0.15, 0.2) is 11.5 Å². The maximum atomic E-state index is 12.0. The number of nitrogens with zero attached hydrogens (tertiary/aromatic N) is 1. The SMILES string of the molecule is CC(O/N=C/c1ccc2c(c1)OCO2)C(=O)Nc1cccc(Cl)c1. The van der Waals surface area contributed by atoms with Crippen LogP contribution in [-0.2, 0) is 9.63 Å². The van der Waals surface area contributed by atoms with Crippen molar-refractivity contribution in [2.24, 2.45) is 5.16 Å². The first-order valence-electron chi connectivity index (χ1n) is 7.27. The Morgan fingerprint density at radius 2 is 2.12 bits per heavy atom. The molecule has 0 saturated heterocycles. The molecule has 1 heterocycles. The van der Waals surface area contributed by atoms with Gasteiger partial charge >= 0.3 is 0 Å². The first-order valence-corrected chi connectivity index (χ1v) is 7.65. The van der Waals surface area contributed by atoms with E-state index in [1.807, 2.05) is 6.07 Å². The number of anilines is 1. The third kappa shape index (κ3) is 3.97. The Balaban J connectivity index is 1.54. The molecule has 0 radical (unpaired) electrons.